The van der Waals surface area contributed by atoms with Crippen molar-refractivity contribution in [3.63, 3.8) is 0 Å². The Morgan fingerprint density at radius 2 is 1.38 bits per heavy atom. The molecule has 0 aromatic rings. The van der Waals surface area contributed by atoms with E-state index in [1.807, 2.05) is 27.7 Å². The molecule has 1 aliphatic carbocycles. The van der Waals surface area contributed by atoms with E-state index in [1.165, 1.54) is 19.3 Å². The SMILES string of the molecule is CC.CC.CC1(C)CC(C2CC2)O1. The fraction of sp³-hybridized carbons (Fsp3) is 1.00. The van der Waals surface area contributed by atoms with Gasteiger partial charge in [0, 0.05) is 6.42 Å². The van der Waals surface area contributed by atoms with Crippen LogP contribution in [0.25, 0.3) is 0 Å². The fourth-order valence-corrected chi connectivity index (χ4v) is 1.62. The van der Waals surface area contributed by atoms with E-state index in [2.05, 4.69) is 13.8 Å². The monoisotopic (exact) mass is 186 g/mol. The van der Waals surface area contributed by atoms with Gasteiger partial charge in [-0.05, 0) is 32.6 Å². The maximum Gasteiger partial charge on any atom is 0.0655 e. The van der Waals surface area contributed by atoms with Gasteiger partial charge in [0.2, 0.25) is 0 Å². The van der Waals surface area contributed by atoms with Crippen LogP contribution in [0, 0.1) is 5.92 Å². The highest BCUT2D eigenvalue weighted by molar-refractivity contribution is 4.94. The van der Waals surface area contributed by atoms with E-state index in [4.69, 9.17) is 4.74 Å². The Morgan fingerprint density at radius 3 is 1.62 bits per heavy atom. The van der Waals surface area contributed by atoms with Gasteiger partial charge in [-0.1, -0.05) is 27.7 Å². The quantitative estimate of drug-likeness (QED) is 0.601. The Morgan fingerprint density at radius 1 is 1.00 bits per heavy atom. The molecule has 13 heavy (non-hydrogen) atoms. The second-order valence-corrected chi connectivity index (χ2v) is 3.96. The van der Waals surface area contributed by atoms with Gasteiger partial charge in [0.1, 0.15) is 0 Å². The average Bonchev–Trinajstić information content (AvgIpc) is 2.90. The molecule has 1 aliphatic heterocycles. The van der Waals surface area contributed by atoms with Gasteiger partial charge in [-0.15, -0.1) is 0 Å². The minimum absolute atomic E-state index is 0.216. The van der Waals surface area contributed by atoms with Crippen molar-refractivity contribution < 1.29 is 4.74 Å². The van der Waals surface area contributed by atoms with E-state index >= 15 is 0 Å². The summed E-state index contributed by atoms with van der Waals surface area (Å²) in [4.78, 5) is 0. The van der Waals surface area contributed by atoms with Crippen molar-refractivity contribution in [1.82, 2.24) is 0 Å². The molecule has 2 rings (SSSR count). The molecule has 0 amide bonds. The number of hydrogen-bond donors (Lipinski definition) is 0. The van der Waals surface area contributed by atoms with Crippen LogP contribution in [0.3, 0.4) is 0 Å². The standard InChI is InChI=1S/C8H14O.2C2H6/c1-8(2)5-7(9-8)6-3-4-6;2*1-2/h6-7H,3-5H2,1-2H3;2*1-2H3. The third-order valence-electron chi connectivity index (χ3n) is 2.31. The molecule has 0 bridgehead atoms. The van der Waals surface area contributed by atoms with Crippen LogP contribution in [0.5, 0.6) is 0 Å². The lowest BCUT2D eigenvalue weighted by Crippen LogP contribution is -2.46. The average molecular weight is 186 g/mol. The predicted octanol–water partition coefficient (Wildman–Crippen LogP) is 4.02. The lowest BCUT2D eigenvalue weighted by molar-refractivity contribution is -0.192. The highest BCUT2D eigenvalue weighted by Gasteiger charge is 2.45. The zero-order valence-corrected chi connectivity index (χ0v) is 10.2. The summed E-state index contributed by atoms with van der Waals surface area (Å²) in [6, 6.07) is 0. The molecule has 1 saturated heterocycles. The van der Waals surface area contributed by atoms with Gasteiger partial charge in [0.05, 0.1) is 11.7 Å². The summed E-state index contributed by atoms with van der Waals surface area (Å²) in [5, 5.41) is 0. The van der Waals surface area contributed by atoms with Crippen molar-refractivity contribution in [1.29, 1.82) is 0 Å². The van der Waals surface area contributed by atoms with E-state index in [-0.39, 0.29) is 5.60 Å². The molecule has 80 valence electrons. The van der Waals surface area contributed by atoms with Gasteiger partial charge < -0.3 is 4.74 Å². The van der Waals surface area contributed by atoms with Gasteiger partial charge in [-0.2, -0.15) is 0 Å². The molecule has 2 fully saturated rings. The summed E-state index contributed by atoms with van der Waals surface area (Å²) >= 11 is 0. The Hall–Kier alpha value is -0.0400. The molecule has 0 aromatic heterocycles. The van der Waals surface area contributed by atoms with Gasteiger partial charge >= 0.3 is 0 Å². The fourth-order valence-electron chi connectivity index (χ4n) is 1.62. The predicted molar refractivity (Wildman–Crippen MR) is 59.0 cm³/mol. The smallest absolute Gasteiger partial charge is 0.0655 e. The zero-order chi connectivity index (χ0) is 10.5. The molecular weight excluding hydrogens is 160 g/mol. The van der Waals surface area contributed by atoms with Crippen LogP contribution in [-0.4, -0.2) is 11.7 Å². The summed E-state index contributed by atoms with van der Waals surface area (Å²) in [7, 11) is 0. The second-order valence-electron chi connectivity index (χ2n) is 3.96. The molecule has 0 radical (unpaired) electrons. The summed E-state index contributed by atoms with van der Waals surface area (Å²) < 4.78 is 5.65. The van der Waals surface area contributed by atoms with Crippen LogP contribution >= 0.6 is 0 Å². The van der Waals surface area contributed by atoms with Gasteiger partial charge in [-0.3, -0.25) is 0 Å². The second kappa shape index (κ2) is 5.64. The van der Waals surface area contributed by atoms with Crippen molar-refractivity contribution in [3.05, 3.63) is 0 Å². The molecule has 2 aliphatic rings. The van der Waals surface area contributed by atoms with E-state index < -0.39 is 0 Å². The Bertz CT molecular complexity index is 117. The summed E-state index contributed by atoms with van der Waals surface area (Å²) in [5.41, 5.74) is 0.216. The van der Waals surface area contributed by atoms with Gasteiger partial charge in [0.25, 0.3) is 0 Å². The third kappa shape index (κ3) is 4.12. The Labute approximate surface area is 83.9 Å². The van der Waals surface area contributed by atoms with Crippen molar-refractivity contribution in [2.75, 3.05) is 0 Å². The molecule has 0 spiro atoms. The van der Waals surface area contributed by atoms with E-state index in [0.29, 0.717) is 6.10 Å². The third-order valence-corrected chi connectivity index (χ3v) is 2.31. The minimum Gasteiger partial charge on any atom is -0.372 e. The number of rotatable bonds is 1. The number of hydrogen-bond acceptors (Lipinski definition) is 1. The first-order chi connectivity index (χ1) is 6.17. The molecule has 1 heterocycles. The highest BCUT2D eigenvalue weighted by atomic mass is 16.5. The van der Waals surface area contributed by atoms with E-state index in [0.717, 1.165) is 5.92 Å². The van der Waals surface area contributed by atoms with Gasteiger partial charge in [-0.25, -0.2) is 0 Å². The first-order valence-corrected chi connectivity index (χ1v) is 5.85. The topological polar surface area (TPSA) is 9.23 Å². The molecule has 1 saturated carbocycles. The normalized spacial score (nSPS) is 28.6. The Balaban J connectivity index is 0.000000322. The molecule has 0 aromatic carbocycles. The van der Waals surface area contributed by atoms with Gasteiger partial charge in [0.15, 0.2) is 0 Å². The van der Waals surface area contributed by atoms with Crippen molar-refractivity contribution in [2.45, 2.75) is 72.5 Å². The minimum atomic E-state index is 0.216. The van der Waals surface area contributed by atoms with Crippen LogP contribution in [0.4, 0.5) is 0 Å². The maximum absolute atomic E-state index is 5.65. The molecule has 1 unspecified atom stereocenters. The van der Waals surface area contributed by atoms with Crippen molar-refractivity contribution >= 4 is 0 Å². The highest BCUT2D eigenvalue weighted by Crippen LogP contribution is 2.45. The van der Waals surface area contributed by atoms with E-state index in [1.54, 1.807) is 0 Å². The van der Waals surface area contributed by atoms with Crippen LogP contribution in [0.1, 0.15) is 60.8 Å². The van der Waals surface area contributed by atoms with Crippen LogP contribution < -0.4 is 0 Å². The van der Waals surface area contributed by atoms with Crippen molar-refractivity contribution in [3.8, 4) is 0 Å². The first kappa shape index (κ1) is 13.0. The van der Waals surface area contributed by atoms with E-state index in [9.17, 15) is 0 Å². The van der Waals surface area contributed by atoms with Crippen LogP contribution in [0.2, 0.25) is 0 Å². The molecule has 1 nitrogen and oxygen atoms in total. The van der Waals surface area contributed by atoms with Crippen LogP contribution in [-0.2, 0) is 4.74 Å². The molecule has 0 N–H and O–H groups in total. The maximum atomic E-state index is 5.65. The van der Waals surface area contributed by atoms with Crippen LogP contribution in [0.15, 0.2) is 0 Å². The lowest BCUT2D eigenvalue weighted by Gasteiger charge is -2.43. The largest absolute Gasteiger partial charge is 0.372 e. The zero-order valence-electron chi connectivity index (χ0n) is 10.2. The van der Waals surface area contributed by atoms with Crippen molar-refractivity contribution in [2.24, 2.45) is 5.92 Å². The summed E-state index contributed by atoms with van der Waals surface area (Å²) in [6.45, 7) is 12.3. The lowest BCUT2D eigenvalue weighted by atomic mass is 9.91. The molecule has 1 atom stereocenters. The Kier molecular flexibility index (Phi) is 5.62. The molecule has 1 heteroatoms. The molecular formula is C12H26O. The number of ether oxygens (including phenoxy) is 1. The first-order valence-electron chi connectivity index (χ1n) is 5.85. The summed E-state index contributed by atoms with van der Waals surface area (Å²) in [5.74, 6) is 0.943. The summed E-state index contributed by atoms with van der Waals surface area (Å²) in [6.07, 6.45) is 4.76.